The average molecular weight is 339 g/mol. The van der Waals surface area contributed by atoms with Crippen LogP contribution in [0.15, 0.2) is 30.5 Å². The van der Waals surface area contributed by atoms with Gasteiger partial charge in [-0.2, -0.15) is 0 Å². The van der Waals surface area contributed by atoms with Gasteiger partial charge in [0.1, 0.15) is 5.82 Å². The zero-order valence-corrected chi connectivity index (χ0v) is 14.1. The van der Waals surface area contributed by atoms with Crippen molar-refractivity contribution in [2.45, 2.75) is 19.4 Å². The van der Waals surface area contributed by atoms with E-state index in [1.807, 2.05) is 13.0 Å². The summed E-state index contributed by atoms with van der Waals surface area (Å²) in [5.74, 6) is 0.770. The molecule has 0 bridgehead atoms. The summed E-state index contributed by atoms with van der Waals surface area (Å²) in [6.07, 6.45) is 2.59. The molecule has 1 fully saturated rings. The van der Waals surface area contributed by atoms with Gasteiger partial charge in [-0.25, -0.2) is 9.78 Å². The van der Waals surface area contributed by atoms with E-state index in [9.17, 15) is 4.79 Å². The molecule has 0 unspecified atom stereocenters. The standard InChI is InChI=1S/C16H23ClN4O2/c1-12(2)11-23-9-7-19-16(22)20-13-5-8-21(10-13)15-14(17)4-3-6-18-15/h3-4,6,13H,1,5,7-11H2,2H3,(H2,19,20,22)/t13-/m1/s1. The van der Waals surface area contributed by atoms with Crippen molar-refractivity contribution in [3.8, 4) is 0 Å². The number of anilines is 1. The Hall–Kier alpha value is -1.79. The van der Waals surface area contributed by atoms with E-state index >= 15 is 0 Å². The quantitative estimate of drug-likeness (QED) is 0.591. The molecule has 0 aliphatic carbocycles. The number of carbonyl (C=O) groups excluding carboxylic acids is 1. The molecule has 0 aromatic carbocycles. The Morgan fingerprint density at radius 1 is 1.61 bits per heavy atom. The summed E-state index contributed by atoms with van der Waals surface area (Å²) >= 11 is 6.15. The molecule has 0 radical (unpaired) electrons. The van der Waals surface area contributed by atoms with Gasteiger partial charge < -0.3 is 20.3 Å². The summed E-state index contributed by atoms with van der Waals surface area (Å²) in [6, 6.07) is 3.54. The van der Waals surface area contributed by atoms with Gasteiger partial charge in [-0.3, -0.25) is 0 Å². The highest BCUT2D eigenvalue weighted by Gasteiger charge is 2.25. The van der Waals surface area contributed by atoms with Crippen LogP contribution in [0.1, 0.15) is 13.3 Å². The number of nitrogens with one attached hydrogen (secondary N) is 2. The minimum atomic E-state index is -0.178. The zero-order chi connectivity index (χ0) is 16.7. The molecular weight excluding hydrogens is 316 g/mol. The Kier molecular flexibility index (Phi) is 6.67. The number of nitrogens with zero attached hydrogens (tertiary/aromatic N) is 2. The normalized spacial score (nSPS) is 17.1. The summed E-state index contributed by atoms with van der Waals surface area (Å²) in [6.45, 7) is 8.65. The molecule has 0 spiro atoms. The van der Waals surface area contributed by atoms with E-state index in [-0.39, 0.29) is 12.1 Å². The van der Waals surface area contributed by atoms with Crippen molar-refractivity contribution in [3.63, 3.8) is 0 Å². The van der Waals surface area contributed by atoms with Gasteiger partial charge in [-0.1, -0.05) is 23.8 Å². The van der Waals surface area contributed by atoms with Gasteiger partial charge in [0.15, 0.2) is 0 Å². The monoisotopic (exact) mass is 338 g/mol. The topological polar surface area (TPSA) is 66.5 Å². The molecule has 1 atom stereocenters. The lowest BCUT2D eigenvalue weighted by atomic mass is 10.3. The molecule has 2 amide bonds. The van der Waals surface area contributed by atoms with Crippen LogP contribution >= 0.6 is 11.6 Å². The second-order valence-corrected chi connectivity index (χ2v) is 6.06. The van der Waals surface area contributed by atoms with Crippen LogP contribution in [0.3, 0.4) is 0 Å². The maximum Gasteiger partial charge on any atom is 0.315 e. The predicted octanol–water partition coefficient (Wildman–Crippen LogP) is 2.21. The summed E-state index contributed by atoms with van der Waals surface area (Å²) in [5.41, 5.74) is 0.966. The number of pyridine rings is 1. The van der Waals surface area contributed by atoms with E-state index in [1.54, 1.807) is 12.3 Å². The van der Waals surface area contributed by atoms with Crippen molar-refractivity contribution < 1.29 is 9.53 Å². The Labute approximate surface area is 141 Å². The summed E-state index contributed by atoms with van der Waals surface area (Å²) in [7, 11) is 0. The molecule has 6 nitrogen and oxygen atoms in total. The SMILES string of the molecule is C=C(C)COCCNC(=O)N[C@@H]1CCN(c2ncccc2Cl)C1. The molecule has 2 heterocycles. The molecule has 1 aliphatic rings. The molecular formula is C16H23ClN4O2. The van der Waals surface area contributed by atoms with Gasteiger partial charge in [0, 0.05) is 31.9 Å². The van der Waals surface area contributed by atoms with Gasteiger partial charge in [0.05, 0.1) is 18.2 Å². The first-order chi connectivity index (χ1) is 11.1. The van der Waals surface area contributed by atoms with Crippen molar-refractivity contribution in [2.24, 2.45) is 0 Å². The van der Waals surface area contributed by atoms with Crippen LogP contribution in [0.25, 0.3) is 0 Å². The third-order valence-corrected chi connectivity index (χ3v) is 3.74. The van der Waals surface area contributed by atoms with Crippen LogP contribution in [-0.4, -0.2) is 49.9 Å². The fourth-order valence-corrected chi connectivity index (χ4v) is 2.64. The summed E-state index contributed by atoms with van der Waals surface area (Å²) in [5, 5.41) is 6.38. The van der Waals surface area contributed by atoms with Crippen molar-refractivity contribution in [3.05, 3.63) is 35.5 Å². The number of ether oxygens (including phenoxy) is 1. The average Bonchev–Trinajstić information content (AvgIpc) is 2.95. The number of rotatable bonds is 7. The lowest BCUT2D eigenvalue weighted by molar-refractivity contribution is 0.157. The first-order valence-corrected chi connectivity index (χ1v) is 8.06. The third-order valence-electron chi connectivity index (χ3n) is 3.44. The number of hydrogen-bond donors (Lipinski definition) is 2. The van der Waals surface area contributed by atoms with E-state index in [2.05, 4.69) is 27.1 Å². The van der Waals surface area contributed by atoms with Gasteiger partial charge in [0.25, 0.3) is 0 Å². The molecule has 0 saturated carbocycles. The maximum atomic E-state index is 11.9. The van der Waals surface area contributed by atoms with Crippen LogP contribution in [-0.2, 0) is 4.74 Å². The van der Waals surface area contributed by atoms with Gasteiger partial charge >= 0.3 is 6.03 Å². The van der Waals surface area contributed by atoms with E-state index in [4.69, 9.17) is 16.3 Å². The highest BCUT2D eigenvalue weighted by molar-refractivity contribution is 6.32. The Morgan fingerprint density at radius 2 is 2.43 bits per heavy atom. The van der Waals surface area contributed by atoms with E-state index in [0.717, 1.165) is 24.4 Å². The molecule has 1 saturated heterocycles. The van der Waals surface area contributed by atoms with Crippen LogP contribution in [0.4, 0.5) is 10.6 Å². The van der Waals surface area contributed by atoms with E-state index in [1.165, 1.54) is 0 Å². The Balaban J connectivity index is 1.68. The van der Waals surface area contributed by atoms with Crippen molar-refractivity contribution >= 4 is 23.4 Å². The van der Waals surface area contributed by atoms with Gasteiger partial charge in [-0.05, 0) is 25.5 Å². The molecule has 1 aromatic rings. The van der Waals surface area contributed by atoms with Gasteiger partial charge in [-0.15, -0.1) is 0 Å². The van der Waals surface area contributed by atoms with Crippen molar-refractivity contribution in [1.82, 2.24) is 15.6 Å². The van der Waals surface area contributed by atoms with Crippen molar-refractivity contribution in [1.29, 1.82) is 0 Å². The minimum absolute atomic E-state index is 0.0874. The number of urea groups is 1. The molecule has 1 aromatic heterocycles. The van der Waals surface area contributed by atoms with Crippen molar-refractivity contribution in [2.75, 3.05) is 37.7 Å². The number of amides is 2. The highest BCUT2D eigenvalue weighted by atomic mass is 35.5. The molecule has 126 valence electrons. The summed E-state index contributed by atoms with van der Waals surface area (Å²) < 4.78 is 5.33. The minimum Gasteiger partial charge on any atom is -0.375 e. The van der Waals surface area contributed by atoms with E-state index in [0.29, 0.717) is 31.3 Å². The second kappa shape index (κ2) is 8.74. The Bertz CT molecular complexity index is 553. The maximum absolute atomic E-state index is 11.9. The smallest absolute Gasteiger partial charge is 0.315 e. The van der Waals surface area contributed by atoms with Crippen LogP contribution in [0.2, 0.25) is 5.02 Å². The first kappa shape index (κ1) is 17.6. The largest absolute Gasteiger partial charge is 0.375 e. The zero-order valence-electron chi connectivity index (χ0n) is 13.3. The van der Waals surface area contributed by atoms with Gasteiger partial charge in [0.2, 0.25) is 0 Å². The highest BCUT2D eigenvalue weighted by Crippen LogP contribution is 2.25. The fourth-order valence-electron chi connectivity index (χ4n) is 2.40. The molecule has 7 heteroatoms. The predicted molar refractivity (Wildman–Crippen MR) is 92.0 cm³/mol. The van der Waals surface area contributed by atoms with Crippen LogP contribution in [0, 0.1) is 0 Å². The molecule has 2 N–H and O–H groups in total. The lowest BCUT2D eigenvalue weighted by Crippen LogP contribution is -2.44. The molecule has 2 rings (SSSR count). The first-order valence-electron chi connectivity index (χ1n) is 7.68. The number of hydrogen-bond acceptors (Lipinski definition) is 4. The molecule has 1 aliphatic heterocycles. The van der Waals surface area contributed by atoms with Crippen LogP contribution in [0.5, 0.6) is 0 Å². The lowest BCUT2D eigenvalue weighted by Gasteiger charge is -2.19. The summed E-state index contributed by atoms with van der Waals surface area (Å²) in [4.78, 5) is 18.2. The fraction of sp³-hybridized carbons (Fsp3) is 0.500. The Morgan fingerprint density at radius 3 is 3.17 bits per heavy atom. The number of halogens is 1. The number of aromatic nitrogens is 1. The second-order valence-electron chi connectivity index (χ2n) is 5.65. The number of carbonyl (C=O) groups is 1. The third kappa shape index (κ3) is 5.73. The van der Waals surface area contributed by atoms with E-state index < -0.39 is 0 Å². The van der Waals surface area contributed by atoms with Crippen LogP contribution < -0.4 is 15.5 Å². The molecule has 23 heavy (non-hydrogen) atoms.